The predicted octanol–water partition coefficient (Wildman–Crippen LogP) is 3.55. The number of hydrogen-bond acceptors (Lipinski definition) is 1. The maximum Gasteiger partial charge on any atom is 0.105 e. The van der Waals surface area contributed by atoms with Crippen molar-refractivity contribution in [1.29, 1.82) is 0 Å². The van der Waals surface area contributed by atoms with Gasteiger partial charge in [0.1, 0.15) is 5.82 Å². The number of imidazole rings is 1. The lowest BCUT2D eigenvalue weighted by molar-refractivity contribution is 0.762. The van der Waals surface area contributed by atoms with Gasteiger partial charge < -0.3 is 4.57 Å². The van der Waals surface area contributed by atoms with Crippen LogP contribution in [0, 0.1) is 6.92 Å². The van der Waals surface area contributed by atoms with E-state index in [1.165, 1.54) is 0 Å². The van der Waals surface area contributed by atoms with Crippen molar-refractivity contribution in [2.24, 2.45) is 0 Å². The Morgan fingerprint density at radius 1 is 1.27 bits per heavy atom. The Labute approximate surface area is 98.5 Å². The predicted molar refractivity (Wildman–Crippen MR) is 62.5 cm³/mol. The molecule has 2 rings (SSSR count). The molecule has 0 aliphatic heterocycles. The molecule has 1 aromatic carbocycles. The van der Waals surface area contributed by atoms with E-state index < -0.39 is 0 Å². The van der Waals surface area contributed by atoms with Crippen molar-refractivity contribution >= 4 is 23.2 Å². The highest BCUT2D eigenvalue weighted by Crippen LogP contribution is 2.25. The quantitative estimate of drug-likeness (QED) is 0.786. The van der Waals surface area contributed by atoms with Gasteiger partial charge in [0, 0.05) is 28.0 Å². The highest BCUT2D eigenvalue weighted by molar-refractivity contribution is 6.35. The first kappa shape index (κ1) is 10.5. The highest BCUT2D eigenvalue weighted by atomic mass is 35.5. The summed E-state index contributed by atoms with van der Waals surface area (Å²) in [6.07, 6.45) is 3.68. The van der Waals surface area contributed by atoms with Crippen LogP contribution in [0.3, 0.4) is 0 Å². The molecule has 0 saturated heterocycles. The summed E-state index contributed by atoms with van der Waals surface area (Å²) < 4.78 is 2.01. The zero-order valence-corrected chi connectivity index (χ0v) is 9.76. The van der Waals surface area contributed by atoms with Crippen molar-refractivity contribution in [3.63, 3.8) is 0 Å². The standard InChI is InChI=1S/C11H10Cl2N2/c1-8-14-5-6-15(8)7-9-10(12)3-2-4-11(9)13/h2-6H,7H2,1H3. The first-order valence-corrected chi connectivity index (χ1v) is 5.34. The van der Waals surface area contributed by atoms with Gasteiger partial charge in [0.05, 0.1) is 6.54 Å². The zero-order chi connectivity index (χ0) is 10.8. The van der Waals surface area contributed by atoms with Crippen molar-refractivity contribution < 1.29 is 0 Å². The van der Waals surface area contributed by atoms with Crippen molar-refractivity contribution in [2.45, 2.75) is 13.5 Å². The fourth-order valence-corrected chi connectivity index (χ4v) is 1.94. The maximum atomic E-state index is 6.08. The number of nitrogens with zero attached hydrogens (tertiary/aromatic N) is 2. The van der Waals surface area contributed by atoms with E-state index in [0.29, 0.717) is 16.6 Å². The molecule has 0 saturated carbocycles. The van der Waals surface area contributed by atoms with E-state index in [0.717, 1.165) is 11.4 Å². The van der Waals surface area contributed by atoms with E-state index in [-0.39, 0.29) is 0 Å². The topological polar surface area (TPSA) is 17.8 Å². The molecule has 1 aromatic heterocycles. The Bertz CT molecular complexity index is 457. The van der Waals surface area contributed by atoms with E-state index in [1.54, 1.807) is 6.20 Å². The Kier molecular flexibility index (Phi) is 2.98. The van der Waals surface area contributed by atoms with Crippen LogP contribution in [-0.2, 0) is 6.54 Å². The van der Waals surface area contributed by atoms with E-state index >= 15 is 0 Å². The third-order valence-corrected chi connectivity index (χ3v) is 3.02. The number of aromatic nitrogens is 2. The van der Waals surface area contributed by atoms with Gasteiger partial charge in [-0.15, -0.1) is 0 Å². The Hall–Kier alpha value is -0.990. The molecular formula is C11H10Cl2N2. The lowest BCUT2D eigenvalue weighted by Crippen LogP contribution is -2.01. The van der Waals surface area contributed by atoms with Gasteiger partial charge in [-0.2, -0.15) is 0 Å². The Morgan fingerprint density at radius 2 is 1.93 bits per heavy atom. The highest BCUT2D eigenvalue weighted by Gasteiger charge is 2.06. The zero-order valence-electron chi connectivity index (χ0n) is 8.24. The largest absolute Gasteiger partial charge is 0.331 e. The summed E-state index contributed by atoms with van der Waals surface area (Å²) in [5, 5.41) is 1.38. The molecule has 0 aliphatic carbocycles. The van der Waals surface area contributed by atoms with E-state index in [1.807, 2.05) is 35.9 Å². The first-order chi connectivity index (χ1) is 7.18. The van der Waals surface area contributed by atoms with Crippen molar-refractivity contribution in [2.75, 3.05) is 0 Å². The van der Waals surface area contributed by atoms with Crippen molar-refractivity contribution in [3.05, 3.63) is 52.0 Å². The molecule has 0 radical (unpaired) electrons. The summed E-state index contributed by atoms with van der Waals surface area (Å²) in [6.45, 7) is 2.61. The SMILES string of the molecule is Cc1nccn1Cc1c(Cl)cccc1Cl. The second kappa shape index (κ2) is 4.25. The summed E-state index contributed by atoms with van der Waals surface area (Å²) in [4.78, 5) is 4.15. The number of rotatable bonds is 2. The second-order valence-electron chi connectivity index (χ2n) is 3.30. The molecule has 1 heterocycles. The normalized spacial score (nSPS) is 10.6. The minimum atomic E-state index is 0.657. The van der Waals surface area contributed by atoms with Crippen LogP contribution in [0.25, 0.3) is 0 Å². The fraction of sp³-hybridized carbons (Fsp3) is 0.182. The van der Waals surface area contributed by atoms with Crippen molar-refractivity contribution in [3.8, 4) is 0 Å². The third-order valence-electron chi connectivity index (χ3n) is 2.31. The number of benzene rings is 1. The van der Waals surface area contributed by atoms with Crippen LogP contribution in [0.5, 0.6) is 0 Å². The third kappa shape index (κ3) is 2.16. The molecule has 78 valence electrons. The van der Waals surface area contributed by atoms with Crippen LogP contribution in [0.2, 0.25) is 10.0 Å². The lowest BCUT2D eigenvalue weighted by Gasteiger charge is -2.08. The summed E-state index contributed by atoms with van der Waals surface area (Å²) in [5.74, 6) is 0.950. The molecule has 15 heavy (non-hydrogen) atoms. The molecule has 0 amide bonds. The van der Waals surface area contributed by atoms with E-state index in [2.05, 4.69) is 4.98 Å². The smallest absolute Gasteiger partial charge is 0.105 e. The molecule has 4 heteroatoms. The summed E-state index contributed by atoms with van der Waals surface area (Å²) in [6, 6.07) is 5.53. The molecule has 0 atom stereocenters. The van der Waals surface area contributed by atoms with Crippen LogP contribution in [0.4, 0.5) is 0 Å². The van der Waals surface area contributed by atoms with Crippen LogP contribution in [0.1, 0.15) is 11.4 Å². The van der Waals surface area contributed by atoms with Crippen LogP contribution in [0.15, 0.2) is 30.6 Å². The molecular weight excluding hydrogens is 231 g/mol. The van der Waals surface area contributed by atoms with Gasteiger partial charge in [-0.1, -0.05) is 29.3 Å². The van der Waals surface area contributed by atoms with Crippen LogP contribution >= 0.6 is 23.2 Å². The molecule has 2 aromatic rings. The van der Waals surface area contributed by atoms with E-state index in [9.17, 15) is 0 Å². The van der Waals surface area contributed by atoms with Gasteiger partial charge in [-0.05, 0) is 19.1 Å². The lowest BCUT2D eigenvalue weighted by atomic mass is 10.2. The van der Waals surface area contributed by atoms with Crippen LogP contribution in [-0.4, -0.2) is 9.55 Å². The minimum absolute atomic E-state index is 0.657. The summed E-state index contributed by atoms with van der Waals surface area (Å²) >= 11 is 12.2. The second-order valence-corrected chi connectivity index (χ2v) is 4.12. The Balaban J connectivity index is 2.36. The van der Waals surface area contributed by atoms with Gasteiger partial charge in [-0.3, -0.25) is 0 Å². The molecule has 0 aliphatic rings. The number of halogens is 2. The average molecular weight is 241 g/mol. The maximum absolute atomic E-state index is 6.08. The fourth-order valence-electron chi connectivity index (χ4n) is 1.42. The summed E-state index contributed by atoms with van der Waals surface area (Å²) in [7, 11) is 0. The average Bonchev–Trinajstić information content (AvgIpc) is 2.58. The van der Waals surface area contributed by atoms with Gasteiger partial charge in [0.25, 0.3) is 0 Å². The van der Waals surface area contributed by atoms with E-state index in [4.69, 9.17) is 23.2 Å². The first-order valence-electron chi connectivity index (χ1n) is 4.59. The number of aryl methyl sites for hydroxylation is 1. The monoisotopic (exact) mass is 240 g/mol. The molecule has 0 fully saturated rings. The Morgan fingerprint density at radius 3 is 2.47 bits per heavy atom. The minimum Gasteiger partial charge on any atom is -0.331 e. The molecule has 0 bridgehead atoms. The van der Waals surface area contributed by atoms with Crippen molar-refractivity contribution in [1.82, 2.24) is 9.55 Å². The summed E-state index contributed by atoms with van der Waals surface area (Å²) in [5.41, 5.74) is 0.932. The van der Waals surface area contributed by atoms with Gasteiger partial charge in [0.2, 0.25) is 0 Å². The number of hydrogen-bond donors (Lipinski definition) is 0. The molecule has 0 N–H and O–H groups in total. The van der Waals surface area contributed by atoms with Gasteiger partial charge >= 0.3 is 0 Å². The molecule has 0 spiro atoms. The van der Waals surface area contributed by atoms with Crippen LogP contribution < -0.4 is 0 Å². The van der Waals surface area contributed by atoms with Gasteiger partial charge in [0.15, 0.2) is 0 Å². The van der Waals surface area contributed by atoms with Gasteiger partial charge in [-0.25, -0.2) is 4.98 Å². The molecule has 0 unspecified atom stereocenters. The molecule has 2 nitrogen and oxygen atoms in total.